The summed E-state index contributed by atoms with van der Waals surface area (Å²) in [4.78, 5) is 25.0. The van der Waals surface area contributed by atoms with Crippen molar-refractivity contribution in [1.82, 2.24) is 20.1 Å². The molecule has 0 aliphatic carbocycles. The molecular weight excluding hydrogens is 479 g/mol. The first kappa shape index (κ1) is 26.0. The number of thioether (sulfide) groups is 1. The van der Waals surface area contributed by atoms with Crippen molar-refractivity contribution in [2.45, 2.75) is 37.8 Å². The predicted octanol–water partition coefficient (Wildman–Crippen LogP) is 5.01. The molecule has 0 fully saturated rings. The van der Waals surface area contributed by atoms with Gasteiger partial charge in [0.25, 0.3) is 5.91 Å². The summed E-state index contributed by atoms with van der Waals surface area (Å²) < 4.78 is 40.4. The maximum atomic E-state index is 12.9. The number of rotatable bonds is 9. The number of carbonyl (C=O) groups excluding carboxylic acids is 2. The molecule has 2 amide bonds. The number of amides is 2. The van der Waals surface area contributed by atoms with E-state index in [2.05, 4.69) is 27.4 Å². The number of hydrogen-bond acceptors (Lipinski definition) is 5. The van der Waals surface area contributed by atoms with Crippen LogP contribution in [-0.2, 0) is 17.5 Å². The molecular formula is C24H24F3N5O2S. The van der Waals surface area contributed by atoms with Crippen LogP contribution in [0.25, 0.3) is 0 Å². The molecule has 35 heavy (non-hydrogen) atoms. The van der Waals surface area contributed by atoms with Gasteiger partial charge in [-0.2, -0.15) is 13.2 Å². The van der Waals surface area contributed by atoms with Crippen LogP contribution < -0.4 is 10.6 Å². The maximum absolute atomic E-state index is 12.9. The first-order valence-electron chi connectivity index (χ1n) is 10.6. The molecule has 7 nitrogen and oxygen atoms in total. The van der Waals surface area contributed by atoms with Crippen molar-refractivity contribution in [1.29, 1.82) is 0 Å². The maximum Gasteiger partial charge on any atom is 0.416 e. The Balaban J connectivity index is 1.66. The minimum atomic E-state index is -4.50. The van der Waals surface area contributed by atoms with Crippen molar-refractivity contribution in [3.8, 4) is 0 Å². The Morgan fingerprint density at radius 2 is 1.91 bits per heavy atom. The first-order chi connectivity index (χ1) is 16.6. The van der Waals surface area contributed by atoms with Gasteiger partial charge in [0.2, 0.25) is 5.91 Å². The molecule has 0 radical (unpaired) electrons. The number of aromatic nitrogens is 3. The van der Waals surface area contributed by atoms with Crippen molar-refractivity contribution in [2.75, 3.05) is 11.1 Å². The molecule has 3 aromatic rings. The van der Waals surface area contributed by atoms with Crippen molar-refractivity contribution in [3.05, 3.63) is 83.7 Å². The highest BCUT2D eigenvalue weighted by Crippen LogP contribution is 2.30. The van der Waals surface area contributed by atoms with E-state index < -0.39 is 23.7 Å². The van der Waals surface area contributed by atoms with Crippen LogP contribution in [0.15, 0.2) is 66.3 Å². The molecule has 1 aromatic heterocycles. The molecule has 0 bridgehead atoms. The van der Waals surface area contributed by atoms with Gasteiger partial charge in [0.15, 0.2) is 11.0 Å². The third-order valence-corrected chi connectivity index (χ3v) is 5.85. The predicted molar refractivity (Wildman–Crippen MR) is 128 cm³/mol. The number of benzene rings is 2. The fourth-order valence-corrected chi connectivity index (χ4v) is 4.01. The highest BCUT2D eigenvalue weighted by molar-refractivity contribution is 7.99. The second-order valence-electron chi connectivity index (χ2n) is 7.72. The minimum absolute atomic E-state index is 0.0474. The lowest BCUT2D eigenvalue weighted by molar-refractivity contribution is -0.137. The molecule has 3 rings (SSSR count). The van der Waals surface area contributed by atoms with Crippen LogP contribution in [0.5, 0.6) is 0 Å². The Labute approximate surface area is 204 Å². The summed E-state index contributed by atoms with van der Waals surface area (Å²) in [5.41, 5.74) is 0.681. The van der Waals surface area contributed by atoms with Crippen LogP contribution in [-0.4, -0.2) is 32.3 Å². The highest BCUT2D eigenvalue weighted by atomic mass is 32.2. The van der Waals surface area contributed by atoms with Crippen molar-refractivity contribution in [2.24, 2.45) is 0 Å². The van der Waals surface area contributed by atoms with Crippen LogP contribution in [0, 0.1) is 6.92 Å². The number of nitrogens with zero attached hydrogens (tertiary/aromatic N) is 3. The van der Waals surface area contributed by atoms with E-state index in [1.807, 2.05) is 13.0 Å². The number of allylic oxidation sites excluding steroid dienone is 1. The molecule has 184 valence electrons. The van der Waals surface area contributed by atoms with Crippen LogP contribution in [0.1, 0.15) is 40.3 Å². The third-order valence-electron chi connectivity index (χ3n) is 4.88. The molecule has 0 aliphatic heterocycles. The van der Waals surface area contributed by atoms with E-state index in [0.29, 0.717) is 23.1 Å². The summed E-state index contributed by atoms with van der Waals surface area (Å²) in [6.07, 6.45) is -2.87. The summed E-state index contributed by atoms with van der Waals surface area (Å²) in [5, 5.41) is 14.1. The molecule has 0 aliphatic rings. The fourth-order valence-electron chi connectivity index (χ4n) is 3.26. The monoisotopic (exact) mass is 503 g/mol. The third kappa shape index (κ3) is 6.95. The molecule has 0 spiro atoms. The van der Waals surface area contributed by atoms with Gasteiger partial charge in [-0.05, 0) is 44.2 Å². The van der Waals surface area contributed by atoms with Crippen LogP contribution in [0.2, 0.25) is 0 Å². The summed E-state index contributed by atoms with van der Waals surface area (Å²) in [6.45, 7) is 7.73. The van der Waals surface area contributed by atoms with E-state index >= 15 is 0 Å². The Hall–Kier alpha value is -3.60. The van der Waals surface area contributed by atoms with Crippen LogP contribution in [0.3, 0.4) is 0 Å². The average Bonchev–Trinajstić information content (AvgIpc) is 3.20. The summed E-state index contributed by atoms with van der Waals surface area (Å²) >= 11 is 1.07. The Kier molecular flexibility index (Phi) is 8.34. The normalized spacial score (nSPS) is 12.1. The van der Waals surface area contributed by atoms with Gasteiger partial charge in [0.05, 0.1) is 17.4 Å². The topological polar surface area (TPSA) is 88.9 Å². The number of anilines is 1. The van der Waals surface area contributed by atoms with Gasteiger partial charge in [-0.3, -0.25) is 9.59 Å². The van der Waals surface area contributed by atoms with E-state index in [9.17, 15) is 22.8 Å². The molecule has 0 saturated heterocycles. The second-order valence-corrected chi connectivity index (χ2v) is 8.66. The molecule has 2 aromatic carbocycles. The van der Waals surface area contributed by atoms with Gasteiger partial charge in [-0.15, -0.1) is 16.8 Å². The molecule has 1 heterocycles. The van der Waals surface area contributed by atoms with E-state index in [-0.39, 0.29) is 17.3 Å². The Morgan fingerprint density at radius 1 is 1.17 bits per heavy atom. The summed E-state index contributed by atoms with van der Waals surface area (Å²) in [5.74, 6) is -0.379. The van der Waals surface area contributed by atoms with E-state index in [1.54, 1.807) is 35.8 Å². The number of alkyl halides is 3. The molecule has 2 N–H and O–H groups in total. The lowest BCUT2D eigenvalue weighted by atomic mass is 10.1. The second kappa shape index (κ2) is 11.2. The summed E-state index contributed by atoms with van der Waals surface area (Å²) in [7, 11) is 0. The Morgan fingerprint density at radius 3 is 2.60 bits per heavy atom. The van der Waals surface area contributed by atoms with Gasteiger partial charge < -0.3 is 15.2 Å². The van der Waals surface area contributed by atoms with Crippen LogP contribution >= 0.6 is 11.8 Å². The SMILES string of the molecule is C=CCn1c(SCC(=O)Nc2cccc(C(F)(F)F)c2)nnc1[C@H](C)NC(=O)c1cccc(C)c1. The van der Waals surface area contributed by atoms with E-state index in [1.165, 1.54) is 12.1 Å². The van der Waals surface area contributed by atoms with Gasteiger partial charge >= 0.3 is 6.18 Å². The van der Waals surface area contributed by atoms with Gasteiger partial charge in [-0.25, -0.2) is 0 Å². The quantitative estimate of drug-likeness (QED) is 0.317. The standard InChI is InChI=1S/C24H24F3N5O2S/c1-4-11-32-21(16(3)28-22(34)17-8-5-7-15(2)12-17)30-31-23(32)35-14-20(33)29-19-10-6-9-18(13-19)24(25,26)27/h4-10,12-13,16H,1,11,14H2,2-3H3,(H,28,34)(H,29,33)/t16-/m0/s1. The average molecular weight is 504 g/mol. The lowest BCUT2D eigenvalue weighted by Crippen LogP contribution is -2.29. The van der Waals surface area contributed by atoms with Gasteiger partial charge in [0.1, 0.15) is 0 Å². The number of carbonyl (C=O) groups is 2. The van der Waals surface area contributed by atoms with Crippen molar-refractivity contribution >= 4 is 29.3 Å². The molecule has 11 heteroatoms. The van der Waals surface area contributed by atoms with Crippen molar-refractivity contribution in [3.63, 3.8) is 0 Å². The lowest BCUT2D eigenvalue weighted by Gasteiger charge is -2.15. The largest absolute Gasteiger partial charge is 0.416 e. The van der Waals surface area contributed by atoms with Gasteiger partial charge in [0, 0.05) is 17.8 Å². The zero-order chi connectivity index (χ0) is 25.6. The zero-order valence-electron chi connectivity index (χ0n) is 19.1. The van der Waals surface area contributed by atoms with E-state index in [4.69, 9.17) is 0 Å². The summed E-state index contributed by atoms with van der Waals surface area (Å²) in [6, 6.07) is 11.1. The van der Waals surface area contributed by atoms with Crippen LogP contribution in [0.4, 0.5) is 18.9 Å². The number of halogens is 3. The minimum Gasteiger partial charge on any atom is -0.342 e. The molecule has 0 saturated carbocycles. The number of hydrogen-bond donors (Lipinski definition) is 2. The molecule has 1 atom stereocenters. The number of nitrogens with one attached hydrogen (secondary N) is 2. The number of aryl methyl sites for hydroxylation is 1. The van der Waals surface area contributed by atoms with Gasteiger partial charge in [-0.1, -0.05) is 41.6 Å². The van der Waals surface area contributed by atoms with Crippen molar-refractivity contribution < 1.29 is 22.8 Å². The first-order valence-corrected chi connectivity index (χ1v) is 11.6. The zero-order valence-corrected chi connectivity index (χ0v) is 19.9. The Bertz CT molecular complexity index is 1230. The fraction of sp³-hybridized carbons (Fsp3) is 0.250. The highest BCUT2D eigenvalue weighted by Gasteiger charge is 2.30. The smallest absolute Gasteiger partial charge is 0.342 e. The van der Waals surface area contributed by atoms with E-state index in [0.717, 1.165) is 29.5 Å². The molecule has 0 unspecified atom stereocenters.